The molecule has 1 aromatic rings. The highest BCUT2D eigenvalue weighted by Crippen LogP contribution is 2.38. The van der Waals surface area contributed by atoms with Gasteiger partial charge in [0.25, 0.3) is 0 Å². The number of nitrogens with one attached hydrogen (secondary N) is 1. The molecule has 1 aliphatic rings. The lowest BCUT2D eigenvalue weighted by molar-refractivity contribution is 0.170. The van der Waals surface area contributed by atoms with Crippen LogP contribution in [0.2, 0.25) is 0 Å². The molecule has 1 unspecified atom stereocenters. The zero-order valence-electron chi connectivity index (χ0n) is 12.5. The largest absolute Gasteiger partial charge is 0.486 e. The monoisotopic (exact) mass is 341 g/mol. The highest BCUT2D eigenvalue weighted by molar-refractivity contribution is 9.10. The highest BCUT2D eigenvalue weighted by Gasteiger charge is 2.16. The summed E-state index contributed by atoms with van der Waals surface area (Å²) >= 11 is 3.56. The van der Waals surface area contributed by atoms with Crippen molar-refractivity contribution < 1.29 is 9.47 Å². The normalized spacial score (nSPS) is 15.4. The van der Waals surface area contributed by atoms with Crippen molar-refractivity contribution in [2.24, 2.45) is 5.92 Å². The molecule has 0 aromatic heterocycles. The Morgan fingerprint density at radius 2 is 1.90 bits per heavy atom. The minimum absolute atomic E-state index is 0.532. The van der Waals surface area contributed by atoms with E-state index in [2.05, 4.69) is 54.2 Å². The molecule has 1 heterocycles. The van der Waals surface area contributed by atoms with Crippen LogP contribution in [0.3, 0.4) is 0 Å². The molecule has 0 saturated heterocycles. The third-order valence-corrected chi connectivity index (χ3v) is 4.08. The standard InChI is InChI=1S/C16H24BrNO2/c1-11(2)4-5-12(3)18-10-13-8-14(17)16-15(9-13)19-6-7-20-16/h8-9,11-12,18H,4-7,10H2,1-3H3. The molecule has 0 saturated carbocycles. The minimum Gasteiger partial charge on any atom is -0.486 e. The van der Waals surface area contributed by atoms with Crippen LogP contribution in [0.1, 0.15) is 39.2 Å². The number of hydrogen-bond donors (Lipinski definition) is 1. The van der Waals surface area contributed by atoms with Gasteiger partial charge >= 0.3 is 0 Å². The lowest BCUT2D eigenvalue weighted by Gasteiger charge is -2.21. The van der Waals surface area contributed by atoms with Gasteiger partial charge in [0.05, 0.1) is 4.47 Å². The first-order valence-corrected chi connectivity index (χ1v) is 8.17. The molecule has 0 fully saturated rings. The maximum atomic E-state index is 5.65. The van der Waals surface area contributed by atoms with Crippen LogP contribution in [-0.2, 0) is 6.54 Å². The van der Waals surface area contributed by atoms with E-state index in [0.29, 0.717) is 19.3 Å². The summed E-state index contributed by atoms with van der Waals surface area (Å²) in [6, 6.07) is 4.71. The number of ether oxygens (including phenoxy) is 2. The second kappa shape index (κ2) is 7.32. The SMILES string of the molecule is CC(C)CCC(C)NCc1cc(Br)c2c(c1)OCCO2. The summed E-state index contributed by atoms with van der Waals surface area (Å²) in [4.78, 5) is 0. The smallest absolute Gasteiger partial charge is 0.175 e. The van der Waals surface area contributed by atoms with Gasteiger partial charge in [0, 0.05) is 12.6 Å². The predicted molar refractivity (Wildman–Crippen MR) is 85.5 cm³/mol. The van der Waals surface area contributed by atoms with E-state index in [1.54, 1.807) is 0 Å². The van der Waals surface area contributed by atoms with Crippen molar-refractivity contribution in [2.45, 2.75) is 46.2 Å². The first-order valence-electron chi connectivity index (χ1n) is 7.37. The van der Waals surface area contributed by atoms with E-state index in [4.69, 9.17) is 9.47 Å². The van der Waals surface area contributed by atoms with Gasteiger partial charge in [-0.2, -0.15) is 0 Å². The number of hydrogen-bond acceptors (Lipinski definition) is 3. The lowest BCUT2D eigenvalue weighted by Crippen LogP contribution is -2.26. The average Bonchev–Trinajstić information content (AvgIpc) is 2.43. The molecule has 1 N–H and O–H groups in total. The van der Waals surface area contributed by atoms with Crippen molar-refractivity contribution in [1.82, 2.24) is 5.32 Å². The molecule has 1 aliphatic heterocycles. The van der Waals surface area contributed by atoms with Crippen molar-refractivity contribution in [3.05, 3.63) is 22.2 Å². The van der Waals surface area contributed by atoms with Crippen LogP contribution in [0, 0.1) is 5.92 Å². The molecule has 3 nitrogen and oxygen atoms in total. The van der Waals surface area contributed by atoms with Gasteiger partial charge < -0.3 is 14.8 Å². The van der Waals surface area contributed by atoms with Crippen molar-refractivity contribution in [2.75, 3.05) is 13.2 Å². The van der Waals surface area contributed by atoms with E-state index < -0.39 is 0 Å². The molecule has 0 spiro atoms. The quantitative estimate of drug-likeness (QED) is 0.843. The number of halogens is 1. The number of benzene rings is 1. The van der Waals surface area contributed by atoms with Gasteiger partial charge in [-0.1, -0.05) is 13.8 Å². The summed E-state index contributed by atoms with van der Waals surface area (Å²) < 4.78 is 12.2. The lowest BCUT2D eigenvalue weighted by atomic mass is 10.0. The maximum absolute atomic E-state index is 5.65. The van der Waals surface area contributed by atoms with Gasteiger partial charge in [-0.15, -0.1) is 0 Å². The van der Waals surface area contributed by atoms with Gasteiger partial charge in [-0.25, -0.2) is 0 Å². The zero-order chi connectivity index (χ0) is 14.5. The Kier molecular flexibility index (Phi) is 5.73. The fraction of sp³-hybridized carbons (Fsp3) is 0.625. The second-order valence-corrected chi connectivity index (χ2v) is 6.71. The van der Waals surface area contributed by atoms with Crippen molar-refractivity contribution in [3.63, 3.8) is 0 Å². The molecule has 1 atom stereocenters. The van der Waals surface area contributed by atoms with Gasteiger partial charge in [0.1, 0.15) is 13.2 Å². The molecular formula is C16H24BrNO2. The van der Waals surface area contributed by atoms with E-state index in [9.17, 15) is 0 Å². The van der Waals surface area contributed by atoms with Crippen LogP contribution in [-0.4, -0.2) is 19.3 Å². The third kappa shape index (κ3) is 4.38. The first-order chi connectivity index (χ1) is 9.56. The molecule has 112 valence electrons. The Balaban J connectivity index is 1.91. The molecule has 0 bridgehead atoms. The molecule has 1 aromatic carbocycles. The molecule has 0 amide bonds. The summed E-state index contributed by atoms with van der Waals surface area (Å²) in [6.45, 7) is 8.88. The zero-order valence-corrected chi connectivity index (χ0v) is 14.1. The van der Waals surface area contributed by atoms with E-state index in [0.717, 1.165) is 28.4 Å². The predicted octanol–water partition coefficient (Wildman–Crippen LogP) is 4.13. The topological polar surface area (TPSA) is 30.5 Å². The molecule has 0 aliphatic carbocycles. The van der Waals surface area contributed by atoms with Crippen LogP contribution in [0.25, 0.3) is 0 Å². The summed E-state index contributed by atoms with van der Waals surface area (Å²) in [7, 11) is 0. The Labute approximate surface area is 130 Å². The van der Waals surface area contributed by atoms with Gasteiger partial charge in [0.2, 0.25) is 0 Å². The van der Waals surface area contributed by atoms with Gasteiger partial charge in [-0.05, 0) is 59.3 Å². The Bertz CT molecular complexity index is 448. The maximum Gasteiger partial charge on any atom is 0.175 e. The van der Waals surface area contributed by atoms with Crippen molar-refractivity contribution in [3.8, 4) is 11.5 Å². The molecule has 20 heavy (non-hydrogen) atoms. The summed E-state index contributed by atoms with van der Waals surface area (Å²) in [5.41, 5.74) is 1.22. The fourth-order valence-corrected chi connectivity index (χ4v) is 2.85. The van der Waals surface area contributed by atoms with Crippen LogP contribution in [0.4, 0.5) is 0 Å². The van der Waals surface area contributed by atoms with Crippen LogP contribution < -0.4 is 14.8 Å². The van der Waals surface area contributed by atoms with Crippen molar-refractivity contribution >= 4 is 15.9 Å². The summed E-state index contributed by atoms with van der Waals surface area (Å²) in [5.74, 6) is 2.44. The Morgan fingerprint density at radius 3 is 2.65 bits per heavy atom. The Morgan fingerprint density at radius 1 is 1.15 bits per heavy atom. The molecule has 4 heteroatoms. The van der Waals surface area contributed by atoms with E-state index in [1.807, 2.05) is 0 Å². The summed E-state index contributed by atoms with van der Waals surface area (Å²) in [5, 5.41) is 3.57. The van der Waals surface area contributed by atoms with E-state index in [-0.39, 0.29) is 0 Å². The molecule has 0 radical (unpaired) electrons. The van der Waals surface area contributed by atoms with E-state index in [1.165, 1.54) is 18.4 Å². The first kappa shape index (κ1) is 15.6. The third-order valence-electron chi connectivity index (χ3n) is 3.49. The fourth-order valence-electron chi connectivity index (χ4n) is 2.24. The Hall–Kier alpha value is -0.740. The number of rotatable bonds is 6. The second-order valence-electron chi connectivity index (χ2n) is 5.85. The molecular weight excluding hydrogens is 318 g/mol. The summed E-state index contributed by atoms with van der Waals surface area (Å²) in [6.07, 6.45) is 2.47. The van der Waals surface area contributed by atoms with Gasteiger partial charge in [-0.3, -0.25) is 0 Å². The molecule has 2 rings (SSSR count). The highest BCUT2D eigenvalue weighted by atomic mass is 79.9. The van der Waals surface area contributed by atoms with Crippen LogP contribution in [0.5, 0.6) is 11.5 Å². The van der Waals surface area contributed by atoms with Gasteiger partial charge in [0.15, 0.2) is 11.5 Å². The van der Waals surface area contributed by atoms with Crippen molar-refractivity contribution in [1.29, 1.82) is 0 Å². The van der Waals surface area contributed by atoms with Crippen LogP contribution in [0.15, 0.2) is 16.6 Å². The minimum atomic E-state index is 0.532. The van der Waals surface area contributed by atoms with E-state index >= 15 is 0 Å². The average molecular weight is 342 g/mol. The van der Waals surface area contributed by atoms with Crippen LogP contribution >= 0.6 is 15.9 Å². The number of fused-ring (bicyclic) bond motifs is 1.